The molecule has 1 aliphatic heterocycles. The van der Waals surface area contributed by atoms with E-state index in [-0.39, 0.29) is 12.0 Å². The highest BCUT2D eigenvalue weighted by Crippen LogP contribution is 2.53. The summed E-state index contributed by atoms with van der Waals surface area (Å²) in [5.41, 5.74) is 0. The number of nitrogens with zero attached hydrogens (tertiary/aromatic N) is 1. The molecule has 1 heterocycles. The van der Waals surface area contributed by atoms with Gasteiger partial charge in [0.05, 0.1) is 11.6 Å². The van der Waals surface area contributed by atoms with Crippen molar-refractivity contribution >= 4 is 40.9 Å². The molecule has 0 bridgehead atoms. The van der Waals surface area contributed by atoms with Crippen molar-refractivity contribution in [3.63, 3.8) is 0 Å². The molecular formula is C15H16Cl3NO3. The van der Waals surface area contributed by atoms with E-state index >= 15 is 0 Å². The highest BCUT2D eigenvalue weighted by Gasteiger charge is 2.52. The zero-order chi connectivity index (χ0) is 15.7. The molecule has 1 aliphatic carbocycles. The first-order valence-corrected chi connectivity index (χ1v) is 8.36. The van der Waals surface area contributed by atoms with E-state index in [1.165, 1.54) is 0 Å². The van der Waals surface area contributed by atoms with Gasteiger partial charge in [0, 0.05) is 25.1 Å². The molecular weight excluding hydrogens is 349 g/mol. The Kier molecular flexibility index (Phi) is 4.62. The van der Waals surface area contributed by atoms with Crippen molar-refractivity contribution in [2.24, 2.45) is 5.92 Å². The first-order valence-electron chi connectivity index (χ1n) is 7.22. The van der Waals surface area contributed by atoms with E-state index < -0.39 is 4.33 Å². The number of carbonyl (C=O) groups excluding carboxylic acids is 1. The Morgan fingerprint density at radius 2 is 2.00 bits per heavy atom. The molecule has 4 nitrogen and oxygen atoms in total. The lowest BCUT2D eigenvalue weighted by Crippen LogP contribution is -2.30. The highest BCUT2D eigenvalue weighted by atomic mass is 35.5. The van der Waals surface area contributed by atoms with Gasteiger partial charge in [-0.05, 0) is 31.4 Å². The molecule has 7 heteroatoms. The third-order valence-corrected chi connectivity index (χ3v) is 5.09. The summed E-state index contributed by atoms with van der Waals surface area (Å²) in [6.07, 6.45) is 2.40. The predicted molar refractivity (Wildman–Crippen MR) is 86.3 cm³/mol. The Morgan fingerprint density at radius 3 is 2.59 bits per heavy atom. The topological polar surface area (TPSA) is 38.8 Å². The van der Waals surface area contributed by atoms with Gasteiger partial charge in [0.25, 0.3) is 0 Å². The van der Waals surface area contributed by atoms with Gasteiger partial charge in [-0.1, -0.05) is 11.6 Å². The third-order valence-electron chi connectivity index (χ3n) is 3.87. The summed E-state index contributed by atoms with van der Waals surface area (Å²) >= 11 is 18.0. The molecule has 0 N–H and O–H groups in total. The first kappa shape index (κ1) is 16.0. The van der Waals surface area contributed by atoms with Crippen LogP contribution in [0.5, 0.6) is 11.5 Å². The molecule has 120 valence electrons. The maximum Gasteiger partial charge on any atom is 0.415 e. The summed E-state index contributed by atoms with van der Waals surface area (Å²) in [5.74, 6) is 1.07. The zero-order valence-corrected chi connectivity index (χ0v) is 14.1. The number of hydrogen-bond donors (Lipinski definition) is 0. The van der Waals surface area contributed by atoms with Crippen LogP contribution in [-0.2, 0) is 0 Å². The van der Waals surface area contributed by atoms with Crippen LogP contribution in [0.2, 0.25) is 5.02 Å². The molecule has 0 spiro atoms. The minimum absolute atomic E-state index is 0.141. The molecule has 0 radical (unpaired) electrons. The molecule has 2 aliphatic rings. The van der Waals surface area contributed by atoms with E-state index in [1.807, 2.05) is 0 Å². The van der Waals surface area contributed by atoms with E-state index in [4.69, 9.17) is 44.3 Å². The standard InChI is InChI=1S/C15H16Cl3NO3/c16-12-7-11(21-9-10-8-15(10,17)18)3-4-13(12)22-14(20)19-5-1-2-6-19/h3-4,7,10H,1-2,5-6,8-9H2. The number of amides is 1. The second-order valence-corrected chi connectivity index (χ2v) is 7.58. The van der Waals surface area contributed by atoms with Gasteiger partial charge in [-0.3, -0.25) is 0 Å². The highest BCUT2D eigenvalue weighted by molar-refractivity contribution is 6.50. The number of likely N-dealkylation sites (tertiary alicyclic amines) is 1. The predicted octanol–water partition coefficient (Wildman–Crippen LogP) is 4.51. The Morgan fingerprint density at radius 1 is 1.32 bits per heavy atom. The van der Waals surface area contributed by atoms with Gasteiger partial charge in [0.2, 0.25) is 0 Å². The van der Waals surface area contributed by atoms with Gasteiger partial charge in [-0.25, -0.2) is 4.79 Å². The fourth-order valence-corrected chi connectivity index (χ4v) is 3.07. The Hall–Kier alpha value is -0.840. The minimum Gasteiger partial charge on any atom is -0.493 e. The molecule has 1 saturated carbocycles. The van der Waals surface area contributed by atoms with Crippen LogP contribution in [0.3, 0.4) is 0 Å². The SMILES string of the molecule is O=C(Oc1ccc(OCC2CC2(Cl)Cl)cc1Cl)N1CCCC1. The van der Waals surface area contributed by atoms with Crippen LogP contribution >= 0.6 is 34.8 Å². The van der Waals surface area contributed by atoms with Crippen LogP contribution in [0.25, 0.3) is 0 Å². The monoisotopic (exact) mass is 363 g/mol. The smallest absolute Gasteiger partial charge is 0.415 e. The minimum atomic E-state index is -0.658. The zero-order valence-electron chi connectivity index (χ0n) is 11.9. The summed E-state index contributed by atoms with van der Waals surface area (Å²) < 4.78 is 10.3. The van der Waals surface area contributed by atoms with Crippen molar-refractivity contribution in [3.05, 3.63) is 23.2 Å². The normalized spacial score (nSPS) is 22.5. The van der Waals surface area contributed by atoms with E-state index in [0.29, 0.717) is 23.1 Å². The molecule has 1 aromatic carbocycles. The van der Waals surface area contributed by atoms with Gasteiger partial charge in [0.1, 0.15) is 10.1 Å². The number of halogens is 3. The molecule has 1 amide bonds. The second kappa shape index (κ2) is 6.34. The lowest BCUT2D eigenvalue weighted by molar-refractivity contribution is 0.162. The number of carbonyl (C=O) groups is 1. The van der Waals surface area contributed by atoms with Crippen molar-refractivity contribution in [1.29, 1.82) is 0 Å². The number of rotatable bonds is 4. The van der Waals surface area contributed by atoms with Gasteiger partial charge in [-0.2, -0.15) is 0 Å². The number of hydrogen-bond acceptors (Lipinski definition) is 3. The lowest BCUT2D eigenvalue weighted by atomic mass is 10.3. The van der Waals surface area contributed by atoms with Crippen molar-refractivity contribution in [2.75, 3.05) is 19.7 Å². The Bertz CT molecular complexity index is 573. The molecule has 0 aromatic heterocycles. The molecule has 2 fully saturated rings. The number of ether oxygens (including phenoxy) is 2. The molecule has 1 aromatic rings. The third kappa shape index (κ3) is 3.73. The maximum atomic E-state index is 11.9. The lowest BCUT2D eigenvalue weighted by Gasteiger charge is -2.16. The van der Waals surface area contributed by atoms with E-state index in [1.54, 1.807) is 23.1 Å². The summed E-state index contributed by atoms with van der Waals surface area (Å²) in [5, 5.41) is 0.337. The number of benzene rings is 1. The Balaban J connectivity index is 1.56. The van der Waals surface area contributed by atoms with Crippen LogP contribution in [0.4, 0.5) is 4.79 Å². The van der Waals surface area contributed by atoms with E-state index in [9.17, 15) is 4.79 Å². The summed E-state index contributed by atoms with van der Waals surface area (Å²) in [7, 11) is 0. The van der Waals surface area contributed by atoms with Crippen LogP contribution in [-0.4, -0.2) is 35.0 Å². The van der Waals surface area contributed by atoms with E-state index in [2.05, 4.69) is 0 Å². The van der Waals surface area contributed by atoms with Crippen LogP contribution in [0.15, 0.2) is 18.2 Å². The van der Waals surface area contributed by atoms with E-state index in [0.717, 1.165) is 32.4 Å². The van der Waals surface area contributed by atoms with Crippen LogP contribution in [0.1, 0.15) is 19.3 Å². The van der Waals surface area contributed by atoms with Gasteiger partial charge in [-0.15, -0.1) is 23.2 Å². The van der Waals surface area contributed by atoms with Crippen molar-refractivity contribution in [2.45, 2.75) is 23.6 Å². The fraction of sp³-hybridized carbons (Fsp3) is 0.533. The van der Waals surface area contributed by atoms with Crippen LogP contribution in [0, 0.1) is 5.92 Å². The summed E-state index contributed by atoms with van der Waals surface area (Å²) in [6.45, 7) is 1.91. The largest absolute Gasteiger partial charge is 0.493 e. The second-order valence-electron chi connectivity index (χ2n) is 5.63. The quantitative estimate of drug-likeness (QED) is 0.738. The number of alkyl halides is 2. The fourth-order valence-electron chi connectivity index (χ4n) is 2.36. The van der Waals surface area contributed by atoms with Crippen molar-refractivity contribution in [3.8, 4) is 11.5 Å². The molecule has 1 unspecified atom stereocenters. The molecule has 3 rings (SSSR count). The summed E-state index contributed by atoms with van der Waals surface area (Å²) in [6, 6.07) is 4.97. The average Bonchev–Trinajstić information content (AvgIpc) is 2.91. The molecule has 1 saturated heterocycles. The van der Waals surface area contributed by atoms with Gasteiger partial charge in [0.15, 0.2) is 5.75 Å². The average molecular weight is 365 g/mol. The summed E-state index contributed by atoms with van der Waals surface area (Å²) in [4.78, 5) is 13.6. The molecule has 1 atom stereocenters. The van der Waals surface area contributed by atoms with Gasteiger partial charge < -0.3 is 14.4 Å². The Labute approximate surface area is 144 Å². The molecule has 22 heavy (non-hydrogen) atoms. The maximum absolute atomic E-state index is 11.9. The van der Waals surface area contributed by atoms with Crippen molar-refractivity contribution < 1.29 is 14.3 Å². The van der Waals surface area contributed by atoms with Crippen molar-refractivity contribution in [1.82, 2.24) is 4.90 Å². The van der Waals surface area contributed by atoms with Gasteiger partial charge >= 0.3 is 6.09 Å². The van der Waals surface area contributed by atoms with Crippen LogP contribution < -0.4 is 9.47 Å². The first-order chi connectivity index (χ1) is 10.5.